The van der Waals surface area contributed by atoms with Gasteiger partial charge in [0.05, 0.1) is 23.0 Å². The zero-order valence-corrected chi connectivity index (χ0v) is 13.6. The molecular weight excluding hydrogens is 336 g/mol. The summed E-state index contributed by atoms with van der Waals surface area (Å²) >= 11 is 1.06. The summed E-state index contributed by atoms with van der Waals surface area (Å²) < 4.78 is 5.09. The number of non-ortho nitro benzene ring substituents is 1. The molecule has 0 aliphatic heterocycles. The summed E-state index contributed by atoms with van der Waals surface area (Å²) in [5, 5.41) is 13.1. The minimum Gasteiger partial charge on any atom is -0.495 e. The number of nitro benzene ring substituents is 1. The van der Waals surface area contributed by atoms with Crippen molar-refractivity contribution < 1.29 is 14.5 Å². The van der Waals surface area contributed by atoms with Crippen molar-refractivity contribution in [1.82, 2.24) is 9.97 Å². The third-order valence-electron chi connectivity index (χ3n) is 2.96. The molecule has 1 unspecified atom stereocenters. The Bertz CT molecular complexity index is 823. The fourth-order valence-electron chi connectivity index (χ4n) is 1.77. The number of hydrogen-bond donors (Lipinski definition) is 2. The molecule has 0 saturated heterocycles. The molecule has 2 rings (SSSR count). The summed E-state index contributed by atoms with van der Waals surface area (Å²) in [5.41, 5.74) is -0.292. The van der Waals surface area contributed by atoms with Gasteiger partial charge in [-0.15, -0.1) is 0 Å². The quantitative estimate of drug-likeness (QED) is 0.352. The van der Waals surface area contributed by atoms with Gasteiger partial charge in [0.15, 0.2) is 5.16 Å². The molecular formula is C14H14N4O5S. The molecule has 24 heavy (non-hydrogen) atoms. The first-order valence-electron chi connectivity index (χ1n) is 6.76. The molecule has 2 aromatic rings. The summed E-state index contributed by atoms with van der Waals surface area (Å²) in [6, 6.07) is 5.17. The van der Waals surface area contributed by atoms with Crippen LogP contribution in [0.2, 0.25) is 0 Å². The maximum atomic E-state index is 12.3. The van der Waals surface area contributed by atoms with Gasteiger partial charge < -0.3 is 15.0 Å². The van der Waals surface area contributed by atoms with Gasteiger partial charge in [0.25, 0.3) is 11.2 Å². The second kappa shape index (κ2) is 7.59. The number of anilines is 1. The highest BCUT2D eigenvalue weighted by Gasteiger charge is 2.19. The van der Waals surface area contributed by atoms with E-state index in [2.05, 4.69) is 15.3 Å². The van der Waals surface area contributed by atoms with Crippen molar-refractivity contribution in [2.45, 2.75) is 17.3 Å². The Hall–Kier alpha value is -2.88. The maximum absolute atomic E-state index is 12.3. The van der Waals surface area contributed by atoms with E-state index in [0.717, 1.165) is 11.8 Å². The molecule has 0 radical (unpaired) electrons. The van der Waals surface area contributed by atoms with Gasteiger partial charge in [-0.3, -0.25) is 19.7 Å². The number of rotatable bonds is 6. The Morgan fingerprint density at radius 1 is 1.46 bits per heavy atom. The van der Waals surface area contributed by atoms with Gasteiger partial charge in [0, 0.05) is 24.4 Å². The topological polar surface area (TPSA) is 127 Å². The van der Waals surface area contributed by atoms with Gasteiger partial charge in [-0.25, -0.2) is 4.98 Å². The van der Waals surface area contributed by atoms with E-state index in [-0.39, 0.29) is 16.9 Å². The fraction of sp³-hybridized carbons (Fsp3) is 0.214. The first-order chi connectivity index (χ1) is 11.4. The number of aromatic amines is 1. The van der Waals surface area contributed by atoms with Crippen molar-refractivity contribution in [1.29, 1.82) is 0 Å². The normalized spacial score (nSPS) is 11.6. The first-order valence-corrected chi connectivity index (χ1v) is 7.64. The van der Waals surface area contributed by atoms with Gasteiger partial charge in [0.1, 0.15) is 5.75 Å². The SMILES string of the molecule is COc1ccc([N+](=O)[O-])cc1NC(=O)C(C)Sc1nccc(=O)[nH]1. The number of benzene rings is 1. The van der Waals surface area contributed by atoms with E-state index >= 15 is 0 Å². The number of hydrogen-bond acceptors (Lipinski definition) is 7. The summed E-state index contributed by atoms with van der Waals surface area (Å²) in [4.78, 5) is 40.2. The van der Waals surface area contributed by atoms with Crippen molar-refractivity contribution in [3.05, 3.63) is 50.9 Å². The van der Waals surface area contributed by atoms with E-state index in [4.69, 9.17) is 4.74 Å². The molecule has 1 atom stereocenters. The van der Waals surface area contributed by atoms with Crippen LogP contribution in [-0.2, 0) is 4.79 Å². The molecule has 10 heteroatoms. The number of nitrogens with zero attached hydrogens (tertiary/aromatic N) is 2. The Labute approximate surface area is 140 Å². The molecule has 126 valence electrons. The van der Waals surface area contributed by atoms with Crippen molar-refractivity contribution in [3.8, 4) is 5.75 Å². The molecule has 1 amide bonds. The lowest BCUT2D eigenvalue weighted by Crippen LogP contribution is -2.23. The molecule has 0 bridgehead atoms. The lowest BCUT2D eigenvalue weighted by molar-refractivity contribution is -0.384. The van der Waals surface area contributed by atoms with Crippen molar-refractivity contribution in [2.75, 3.05) is 12.4 Å². The van der Waals surface area contributed by atoms with Crippen molar-refractivity contribution in [3.63, 3.8) is 0 Å². The minimum atomic E-state index is -0.598. The standard InChI is InChI=1S/C14H14N4O5S/c1-8(24-14-15-6-5-12(19)17-14)13(20)16-10-7-9(18(21)22)3-4-11(10)23-2/h3-8H,1-2H3,(H,16,20)(H,15,17,19). The predicted octanol–water partition coefficient (Wildman–Crippen LogP) is 1.81. The molecule has 0 saturated carbocycles. The highest BCUT2D eigenvalue weighted by Crippen LogP contribution is 2.30. The lowest BCUT2D eigenvalue weighted by atomic mass is 10.2. The zero-order valence-electron chi connectivity index (χ0n) is 12.8. The second-order valence-corrected chi connectivity index (χ2v) is 5.96. The average molecular weight is 350 g/mol. The number of H-pyrrole nitrogens is 1. The number of methoxy groups -OCH3 is 1. The van der Waals surface area contributed by atoms with Crippen molar-refractivity contribution in [2.24, 2.45) is 0 Å². The van der Waals surface area contributed by atoms with Crippen LogP contribution >= 0.6 is 11.8 Å². The predicted molar refractivity (Wildman–Crippen MR) is 88.5 cm³/mol. The smallest absolute Gasteiger partial charge is 0.271 e. The second-order valence-electron chi connectivity index (χ2n) is 4.63. The van der Waals surface area contributed by atoms with Gasteiger partial charge in [0.2, 0.25) is 5.91 Å². The Kier molecular flexibility index (Phi) is 5.53. The number of carbonyl (C=O) groups excluding carboxylic acids is 1. The van der Waals surface area contributed by atoms with Crippen LogP contribution in [0.1, 0.15) is 6.92 Å². The summed E-state index contributed by atoms with van der Waals surface area (Å²) in [6.45, 7) is 1.62. The van der Waals surface area contributed by atoms with E-state index < -0.39 is 16.1 Å². The Morgan fingerprint density at radius 2 is 2.21 bits per heavy atom. The number of carbonyl (C=O) groups is 1. The summed E-state index contributed by atoms with van der Waals surface area (Å²) in [6.07, 6.45) is 1.34. The summed E-state index contributed by atoms with van der Waals surface area (Å²) in [7, 11) is 1.40. The van der Waals surface area contributed by atoms with Gasteiger partial charge in [-0.05, 0) is 13.0 Å². The summed E-state index contributed by atoms with van der Waals surface area (Å²) in [5.74, 6) is -0.109. The van der Waals surface area contributed by atoms with Crippen LogP contribution in [0.3, 0.4) is 0 Å². The molecule has 1 aromatic carbocycles. The molecule has 0 fully saturated rings. The maximum Gasteiger partial charge on any atom is 0.271 e. The van der Waals surface area contributed by atoms with Gasteiger partial charge in [-0.1, -0.05) is 11.8 Å². The third-order valence-corrected chi connectivity index (χ3v) is 3.96. The molecule has 0 aliphatic carbocycles. The number of ether oxygens (including phenoxy) is 1. The van der Waals surface area contributed by atoms with E-state index in [0.29, 0.717) is 10.9 Å². The fourth-order valence-corrected chi connectivity index (χ4v) is 2.56. The van der Waals surface area contributed by atoms with Crippen molar-refractivity contribution >= 4 is 29.0 Å². The molecule has 0 aliphatic rings. The monoisotopic (exact) mass is 350 g/mol. The largest absolute Gasteiger partial charge is 0.495 e. The number of amides is 1. The molecule has 0 spiro atoms. The first kappa shape index (κ1) is 17.5. The van der Waals surface area contributed by atoms with Crippen LogP contribution in [0.4, 0.5) is 11.4 Å². The number of thioether (sulfide) groups is 1. The minimum absolute atomic E-state index is 0.166. The van der Waals surface area contributed by atoms with E-state index in [1.165, 1.54) is 37.6 Å². The molecule has 1 heterocycles. The van der Waals surface area contributed by atoms with Crippen LogP contribution in [0.15, 0.2) is 40.4 Å². The lowest BCUT2D eigenvalue weighted by Gasteiger charge is -2.13. The number of aromatic nitrogens is 2. The highest BCUT2D eigenvalue weighted by atomic mass is 32.2. The number of nitro groups is 1. The highest BCUT2D eigenvalue weighted by molar-refractivity contribution is 8.00. The van der Waals surface area contributed by atoms with E-state index in [1.807, 2.05) is 0 Å². The third kappa shape index (κ3) is 4.32. The molecule has 9 nitrogen and oxygen atoms in total. The van der Waals surface area contributed by atoms with Gasteiger partial charge >= 0.3 is 0 Å². The molecule has 1 aromatic heterocycles. The van der Waals surface area contributed by atoms with Crippen LogP contribution in [0, 0.1) is 10.1 Å². The van der Waals surface area contributed by atoms with E-state index in [1.54, 1.807) is 6.92 Å². The van der Waals surface area contributed by atoms with Gasteiger partial charge in [-0.2, -0.15) is 0 Å². The Balaban J connectivity index is 2.14. The van der Waals surface area contributed by atoms with Crippen LogP contribution in [-0.4, -0.2) is 33.2 Å². The average Bonchev–Trinajstić information content (AvgIpc) is 2.54. The van der Waals surface area contributed by atoms with E-state index in [9.17, 15) is 19.7 Å². The van der Waals surface area contributed by atoms with Crippen LogP contribution < -0.4 is 15.6 Å². The molecule has 2 N–H and O–H groups in total. The van der Waals surface area contributed by atoms with Crippen LogP contribution in [0.5, 0.6) is 5.75 Å². The Morgan fingerprint density at radius 3 is 2.83 bits per heavy atom. The zero-order chi connectivity index (χ0) is 17.7. The van der Waals surface area contributed by atoms with Crippen LogP contribution in [0.25, 0.3) is 0 Å². The number of nitrogens with one attached hydrogen (secondary N) is 2.